The Morgan fingerprint density at radius 2 is 2.39 bits per heavy atom. The standard InChI is InChI=1S/C13H23N3S2/c1-3-5-14-13-15-8-12(18-13)10-16-6-7-17-11(4-2)9-16/h8,11H,3-7,9-10H2,1-2H3,(H,14,15). The molecule has 18 heavy (non-hydrogen) atoms. The summed E-state index contributed by atoms with van der Waals surface area (Å²) < 4.78 is 0. The molecule has 0 aliphatic carbocycles. The Labute approximate surface area is 118 Å². The van der Waals surface area contributed by atoms with Crippen molar-refractivity contribution in [1.29, 1.82) is 0 Å². The van der Waals surface area contributed by atoms with Crippen LogP contribution >= 0.6 is 23.1 Å². The largest absolute Gasteiger partial charge is 0.362 e. The third-order valence-electron chi connectivity index (χ3n) is 3.14. The van der Waals surface area contributed by atoms with Crippen molar-refractivity contribution in [2.45, 2.75) is 38.5 Å². The molecule has 102 valence electrons. The lowest BCUT2D eigenvalue weighted by molar-refractivity contribution is 0.275. The SMILES string of the molecule is CCCNc1ncc(CN2CCSC(CC)C2)s1. The molecule has 0 aromatic carbocycles. The molecule has 5 heteroatoms. The summed E-state index contributed by atoms with van der Waals surface area (Å²) in [5, 5.41) is 5.25. The van der Waals surface area contributed by atoms with Crippen LogP contribution in [-0.4, -0.2) is 40.5 Å². The van der Waals surface area contributed by atoms with Crippen LogP contribution < -0.4 is 5.32 Å². The minimum Gasteiger partial charge on any atom is -0.362 e. The van der Waals surface area contributed by atoms with Crippen molar-refractivity contribution < 1.29 is 0 Å². The number of rotatable bonds is 6. The highest BCUT2D eigenvalue weighted by molar-refractivity contribution is 8.00. The second kappa shape index (κ2) is 7.36. The first kappa shape index (κ1) is 14.2. The molecule has 1 unspecified atom stereocenters. The van der Waals surface area contributed by atoms with Crippen molar-refractivity contribution in [3.63, 3.8) is 0 Å². The lowest BCUT2D eigenvalue weighted by Crippen LogP contribution is -2.36. The van der Waals surface area contributed by atoms with Gasteiger partial charge in [0.05, 0.1) is 0 Å². The zero-order valence-corrected chi connectivity index (χ0v) is 12.9. The first-order valence-corrected chi connectivity index (χ1v) is 8.70. The Balaban J connectivity index is 1.83. The molecule has 1 aliphatic rings. The molecular formula is C13H23N3S2. The first-order chi connectivity index (χ1) is 8.81. The van der Waals surface area contributed by atoms with Crippen LogP contribution in [0, 0.1) is 0 Å². The monoisotopic (exact) mass is 285 g/mol. The second-order valence-electron chi connectivity index (χ2n) is 4.69. The summed E-state index contributed by atoms with van der Waals surface area (Å²) in [7, 11) is 0. The predicted octanol–water partition coefficient (Wildman–Crippen LogP) is 3.29. The minimum absolute atomic E-state index is 0.823. The summed E-state index contributed by atoms with van der Waals surface area (Å²) in [6.07, 6.45) is 4.47. The number of nitrogens with zero attached hydrogens (tertiary/aromatic N) is 2. The molecule has 1 aliphatic heterocycles. The molecular weight excluding hydrogens is 262 g/mol. The van der Waals surface area contributed by atoms with Crippen LogP contribution in [-0.2, 0) is 6.54 Å². The average molecular weight is 285 g/mol. The third-order valence-corrected chi connectivity index (χ3v) is 5.45. The average Bonchev–Trinajstić information content (AvgIpc) is 2.84. The van der Waals surface area contributed by atoms with Gasteiger partial charge in [0.15, 0.2) is 5.13 Å². The minimum atomic E-state index is 0.823. The lowest BCUT2D eigenvalue weighted by Gasteiger charge is -2.31. The van der Waals surface area contributed by atoms with E-state index in [0.29, 0.717) is 0 Å². The van der Waals surface area contributed by atoms with Gasteiger partial charge in [0.1, 0.15) is 0 Å². The van der Waals surface area contributed by atoms with Crippen LogP contribution in [0.2, 0.25) is 0 Å². The van der Waals surface area contributed by atoms with E-state index in [1.165, 1.54) is 30.1 Å². The molecule has 1 saturated heterocycles. The van der Waals surface area contributed by atoms with Gasteiger partial charge < -0.3 is 5.32 Å². The molecule has 0 spiro atoms. The fourth-order valence-corrected chi connectivity index (χ4v) is 4.22. The molecule has 1 atom stereocenters. The number of anilines is 1. The zero-order chi connectivity index (χ0) is 12.8. The molecule has 0 amide bonds. The quantitative estimate of drug-likeness (QED) is 0.868. The van der Waals surface area contributed by atoms with E-state index in [9.17, 15) is 0 Å². The molecule has 1 fully saturated rings. The van der Waals surface area contributed by atoms with Gasteiger partial charge in [-0.1, -0.05) is 13.8 Å². The summed E-state index contributed by atoms with van der Waals surface area (Å²) in [4.78, 5) is 8.39. The normalized spacial score (nSPS) is 21.1. The van der Waals surface area contributed by atoms with Crippen molar-refractivity contribution in [3.05, 3.63) is 11.1 Å². The zero-order valence-electron chi connectivity index (χ0n) is 11.3. The Morgan fingerprint density at radius 3 is 3.17 bits per heavy atom. The van der Waals surface area contributed by atoms with Crippen molar-refractivity contribution in [2.24, 2.45) is 0 Å². The van der Waals surface area contributed by atoms with Crippen molar-refractivity contribution in [3.8, 4) is 0 Å². The smallest absolute Gasteiger partial charge is 0.182 e. The molecule has 0 saturated carbocycles. The van der Waals surface area contributed by atoms with Gasteiger partial charge in [0, 0.05) is 48.3 Å². The van der Waals surface area contributed by atoms with Crippen LogP contribution in [0.4, 0.5) is 5.13 Å². The molecule has 1 aromatic heterocycles. The predicted molar refractivity (Wildman–Crippen MR) is 82.7 cm³/mol. The lowest BCUT2D eigenvalue weighted by atomic mass is 10.3. The maximum absolute atomic E-state index is 4.43. The summed E-state index contributed by atoms with van der Waals surface area (Å²) in [5.74, 6) is 1.28. The van der Waals surface area contributed by atoms with Gasteiger partial charge in [-0.05, 0) is 12.8 Å². The first-order valence-electron chi connectivity index (χ1n) is 6.84. The number of nitrogens with one attached hydrogen (secondary N) is 1. The van der Waals surface area contributed by atoms with E-state index in [2.05, 4.69) is 40.8 Å². The van der Waals surface area contributed by atoms with Crippen molar-refractivity contribution in [1.82, 2.24) is 9.88 Å². The van der Waals surface area contributed by atoms with E-state index < -0.39 is 0 Å². The van der Waals surface area contributed by atoms with Crippen molar-refractivity contribution in [2.75, 3.05) is 30.7 Å². The highest BCUT2D eigenvalue weighted by atomic mass is 32.2. The number of aromatic nitrogens is 1. The van der Waals surface area contributed by atoms with Gasteiger partial charge in [0.2, 0.25) is 0 Å². The summed E-state index contributed by atoms with van der Waals surface area (Å²) in [5.41, 5.74) is 0. The molecule has 3 nitrogen and oxygen atoms in total. The van der Waals surface area contributed by atoms with Gasteiger partial charge in [-0.2, -0.15) is 11.8 Å². The van der Waals surface area contributed by atoms with Crippen LogP contribution in [0.3, 0.4) is 0 Å². The van der Waals surface area contributed by atoms with Gasteiger partial charge in [0.25, 0.3) is 0 Å². The third kappa shape index (κ3) is 4.14. The van der Waals surface area contributed by atoms with Gasteiger partial charge in [-0.25, -0.2) is 4.98 Å². The topological polar surface area (TPSA) is 28.2 Å². The van der Waals surface area contributed by atoms with Crippen LogP contribution in [0.5, 0.6) is 0 Å². The van der Waals surface area contributed by atoms with E-state index in [1.807, 2.05) is 6.20 Å². The van der Waals surface area contributed by atoms with E-state index in [4.69, 9.17) is 0 Å². The van der Waals surface area contributed by atoms with Gasteiger partial charge in [-0.3, -0.25) is 4.90 Å². The molecule has 1 N–H and O–H groups in total. The van der Waals surface area contributed by atoms with Crippen LogP contribution in [0.15, 0.2) is 6.20 Å². The summed E-state index contributed by atoms with van der Waals surface area (Å²) in [6.45, 7) is 9.01. The molecule has 1 aromatic rings. The molecule has 2 rings (SSSR count). The number of hydrogen-bond donors (Lipinski definition) is 1. The molecule has 0 radical (unpaired) electrons. The van der Waals surface area contributed by atoms with Crippen molar-refractivity contribution >= 4 is 28.2 Å². The maximum Gasteiger partial charge on any atom is 0.182 e. The highest BCUT2D eigenvalue weighted by Gasteiger charge is 2.19. The Morgan fingerprint density at radius 1 is 1.50 bits per heavy atom. The fourth-order valence-electron chi connectivity index (χ4n) is 2.09. The highest BCUT2D eigenvalue weighted by Crippen LogP contribution is 2.25. The van der Waals surface area contributed by atoms with Gasteiger partial charge in [-0.15, -0.1) is 11.3 Å². The molecule has 2 heterocycles. The maximum atomic E-state index is 4.43. The Bertz CT molecular complexity index is 354. The number of hydrogen-bond acceptors (Lipinski definition) is 5. The van der Waals surface area contributed by atoms with E-state index in [0.717, 1.165) is 29.9 Å². The van der Waals surface area contributed by atoms with E-state index >= 15 is 0 Å². The fraction of sp³-hybridized carbons (Fsp3) is 0.769. The van der Waals surface area contributed by atoms with E-state index in [1.54, 1.807) is 11.3 Å². The Hall–Kier alpha value is -0.260. The van der Waals surface area contributed by atoms with Gasteiger partial charge >= 0.3 is 0 Å². The summed E-state index contributed by atoms with van der Waals surface area (Å²) >= 11 is 3.93. The number of thioether (sulfide) groups is 1. The van der Waals surface area contributed by atoms with Crippen LogP contribution in [0.1, 0.15) is 31.6 Å². The Kier molecular flexibility index (Phi) is 5.79. The van der Waals surface area contributed by atoms with Crippen LogP contribution in [0.25, 0.3) is 0 Å². The van der Waals surface area contributed by atoms with E-state index in [-0.39, 0.29) is 0 Å². The molecule has 0 bridgehead atoms. The summed E-state index contributed by atoms with van der Waals surface area (Å²) in [6, 6.07) is 0. The second-order valence-corrected chi connectivity index (χ2v) is 7.22. The number of thiazole rings is 1.